The minimum Gasteiger partial charge on any atom is -0.496 e. The molecule has 5 nitrogen and oxygen atoms in total. The molecule has 1 aromatic carbocycles. The maximum Gasteiger partial charge on any atom is 0.255 e. The van der Waals surface area contributed by atoms with E-state index in [1.165, 1.54) is 5.56 Å². The molecule has 0 bridgehead atoms. The van der Waals surface area contributed by atoms with Crippen LogP contribution in [0.15, 0.2) is 42.7 Å². The van der Waals surface area contributed by atoms with Crippen molar-refractivity contribution < 1.29 is 14.3 Å². The zero-order valence-electron chi connectivity index (χ0n) is 14.0. The molecule has 1 aliphatic rings. The second-order valence-electron chi connectivity index (χ2n) is 6.09. The molecule has 0 radical (unpaired) electrons. The van der Waals surface area contributed by atoms with E-state index in [0.717, 1.165) is 12.0 Å². The van der Waals surface area contributed by atoms with Crippen molar-refractivity contribution in [3.05, 3.63) is 59.4 Å². The van der Waals surface area contributed by atoms with Crippen molar-refractivity contribution in [2.75, 3.05) is 20.3 Å². The van der Waals surface area contributed by atoms with Gasteiger partial charge in [0.2, 0.25) is 0 Å². The first-order chi connectivity index (χ1) is 11.7. The van der Waals surface area contributed by atoms with Crippen LogP contribution in [0, 0.1) is 12.8 Å². The van der Waals surface area contributed by atoms with E-state index in [0.29, 0.717) is 24.5 Å². The van der Waals surface area contributed by atoms with Gasteiger partial charge in [-0.25, -0.2) is 0 Å². The lowest BCUT2D eigenvalue weighted by atomic mass is 9.95. The van der Waals surface area contributed by atoms with Crippen LogP contribution in [-0.4, -0.2) is 37.3 Å². The molecule has 1 N–H and O–H groups in total. The lowest BCUT2D eigenvalue weighted by Gasteiger charge is -2.20. The molecule has 0 spiro atoms. The van der Waals surface area contributed by atoms with Gasteiger partial charge in [0.1, 0.15) is 5.75 Å². The Hall–Kier alpha value is -2.40. The van der Waals surface area contributed by atoms with Crippen LogP contribution in [0.4, 0.5) is 0 Å². The lowest BCUT2D eigenvalue weighted by Crippen LogP contribution is -2.41. The summed E-state index contributed by atoms with van der Waals surface area (Å²) in [6.45, 7) is 3.10. The molecule has 1 aromatic heterocycles. The highest BCUT2D eigenvalue weighted by molar-refractivity contribution is 5.98. The van der Waals surface area contributed by atoms with E-state index in [1.807, 2.05) is 37.3 Å². The van der Waals surface area contributed by atoms with Crippen molar-refractivity contribution in [3.63, 3.8) is 0 Å². The monoisotopic (exact) mass is 326 g/mol. The number of amides is 1. The summed E-state index contributed by atoms with van der Waals surface area (Å²) in [5.74, 6) is 0.739. The van der Waals surface area contributed by atoms with Gasteiger partial charge in [0, 0.05) is 18.3 Å². The van der Waals surface area contributed by atoms with Crippen LogP contribution in [0.1, 0.15) is 21.5 Å². The molecule has 24 heavy (non-hydrogen) atoms. The van der Waals surface area contributed by atoms with Crippen LogP contribution in [-0.2, 0) is 11.2 Å². The summed E-state index contributed by atoms with van der Waals surface area (Å²) < 4.78 is 10.9. The highest BCUT2D eigenvalue weighted by Crippen LogP contribution is 2.24. The molecule has 1 fully saturated rings. The molecule has 1 aliphatic heterocycles. The molecule has 0 unspecified atom stereocenters. The van der Waals surface area contributed by atoms with Gasteiger partial charge < -0.3 is 14.8 Å². The smallest absolute Gasteiger partial charge is 0.255 e. The number of carbonyl (C=O) groups is 1. The Bertz CT molecular complexity index is 703. The second-order valence-corrected chi connectivity index (χ2v) is 6.09. The van der Waals surface area contributed by atoms with Crippen LogP contribution >= 0.6 is 0 Å². The zero-order valence-corrected chi connectivity index (χ0v) is 14.0. The molecule has 2 atom stereocenters. The summed E-state index contributed by atoms with van der Waals surface area (Å²) in [6.07, 6.45) is 4.44. The van der Waals surface area contributed by atoms with Gasteiger partial charge in [0.25, 0.3) is 5.91 Å². The Morgan fingerprint density at radius 3 is 2.83 bits per heavy atom. The predicted molar refractivity (Wildman–Crippen MR) is 91.2 cm³/mol. The maximum absolute atomic E-state index is 12.7. The molecule has 2 heterocycles. The number of methoxy groups -OCH3 is 1. The van der Waals surface area contributed by atoms with Crippen LogP contribution in [0.3, 0.4) is 0 Å². The van der Waals surface area contributed by atoms with E-state index in [1.54, 1.807) is 19.5 Å². The molecule has 0 aliphatic carbocycles. The van der Waals surface area contributed by atoms with Crippen LogP contribution in [0.2, 0.25) is 0 Å². The van der Waals surface area contributed by atoms with Gasteiger partial charge in [-0.15, -0.1) is 0 Å². The summed E-state index contributed by atoms with van der Waals surface area (Å²) in [4.78, 5) is 16.8. The predicted octanol–water partition coefficient (Wildman–Crippen LogP) is 2.39. The van der Waals surface area contributed by atoms with Crippen LogP contribution in [0.5, 0.6) is 5.75 Å². The number of carbonyl (C=O) groups excluding carboxylic acids is 1. The fourth-order valence-electron chi connectivity index (χ4n) is 3.12. The highest BCUT2D eigenvalue weighted by atomic mass is 16.5. The molecular weight excluding hydrogens is 304 g/mol. The van der Waals surface area contributed by atoms with Crippen molar-refractivity contribution in [2.45, 2.75) is 19.4 Å². The number of pyridine rings is 1. The van der Waals surface area contributed by atoms with Crippen molar-refractivity contribution in [1.29, 1.82) is 0 Å². The summed E-state index contributed by atoms with van der Waals surface area (Å²) in [7, 11) is 1.58. The molecular formula is C19H22N2O3. The first-order valence-corrected chi connectivity index (χ1v) is 8.10. The van der Waals surface area contributed by atoms with Gasteiger partial charge in [-0.3, -0.25) is 9.78 Å². The Morgan fingerprint density at radius 2 is 2.08 bits per heavy atom. The molecule has 3 rings (SSSR count). The minimum absolute atomic E-state index is 0.00465. The van der Waals surface area contributed by atoms with Crippen molar-refractivity contribution in [1.82, 2.24) is 10.3 Å². The van der Waals surface area contributed by atoms with E-state index in [-0.39, 0.29) is 17.9 Å². The first kappa shape index (κ1) is 16.5. The van der Waals surface area contributed by atoms with Crippen LogP contribution in [0.25, 0.3) is 0 Å². The fraction of sp³-hybridized carbons (Fsp3) is 0.368. The number of rotatable bonds is 5. The number of nitrogens with one attached hydrogen (secondary N) is 1. The van der Waals surface area contributed by atoms with Gasteiger partial charge in [-0.05, 0) is 42.7 Å². The van der Waals surface area contributed by atoms with Gasteiger partial charge in [-0.1, -0.05) is 12.1 Å². The lowest BCUT2D eigenvalue weighted by molar-refractivity contribution is 0.0921. The normalized spacial score (nSPS) is 19.9. The topological polar surface area (TPSA) is 60.5 Å². The second kappa shape index (κ2) is 7.45. The Balaban J connectivity index is 1.72. The minimum atomic E-state index is -0.111. The average molecular weight is 326 g/mol. The van der Waals surface area contributed by atoms with Gasteiger partial charge in [0.05, 0.1) is 31.9 Å². The maximum atomic E-state index is 12.7. The number of hydrogen-bond acceptors (Lipinski definition) is 4. The third-order valence-corrected chi connectivity index (χ3v) is 4.44. The number of hydrogen-bond donors (Lipinski definition) is 1. The largest absolute Gasteiger partial charge is 0.496 e. The van der Waals surface area contributed by atoms with Gasteiger partial charge in [-0.2, -0.15) is 0 Å². The molecule has 0 saturated carbocycles. The van der Waals surface area contributed by atoms with E-state index >= 15 is 0 Å². The fourth-order valence-corrected chi connectivity index (χ4v) is 3.12. The summed E-state index contributed by atoms with van der Waals surface area (Å²) >= 11 is 0. The van der Waals surface area contributed by atoms with Gasteiger partial charge >= 0.3 is 0 Å². The molecule has 1 amide bonds. The Labute approximate surface area is 142 Å². The Kier molecular flexibility index (Phi) is 5.11. The van der Waals surface area contributed by atoms with E-state index in [9.17, 15) is 4.79 Å². The number of benzene rings is 1. The summed E-state index contributed by atoms with van der Waals surface area (Å²) in [6, 6.07) is 9.60. The first-order valence-electron chi connectivity index (χ1n) is 8.10. The number of aromatic nitrogens is 1. The zero-order chi connectivity index (χ0) is 16.9. The van der Waals surface area contributed by atoms with Gasteiger partial charge in [0.15, 0.2) is 0 Å². The van der Waals surface area contributed by atoms with E-state index in [4.69, 9.17) is 9.47 Å². The van der Waals surface area contributed by atoms with E-state index < -0.39 is 0 Å². The number of aryl methyl sites for hydroxylation is 1. The molecule has 1 saturated heterocycles. The summed E-state index contributed by atoms with van der Waals surface area (Å²) in [5, 5.41) is 3.12. The van der Waals surface area contributed by atoms with Crippen LogP contribution < -0.4 is 10.1 Å². The van der Waals surface area contributed by atoms with Crippen molar-refractivity contribution in [3.8, 4) is 5.75 Å². The SMILES string of the molecule is COc1cccc(C)c1C(=O)N[C@@H]1COC[C@H]1Cc1ccncc1. The molecule has 2 aromatic rings. The Morgan fingerprint density at radius 1 is 1.29 bits per heavy atom. The standard InChI is InChI=1S/C19H22N2O3/c1-13-4-3-5-17(23-2)18(13)19(22)21-16-12-24-11-15(16)10-14-6-8-20-9-7-14/h3-9,15-16H,10-12H2,1-2H3,(H,21,22)/t15-,16-/m1/s1. The third-order valence-electron chi connectivity index (χ3n) is 4.44. The number of ether oxygens (including phenoxy) is 2. The highest BCUT2D eigenvalue weighted by Gasteiger charge is 2.30. The molecule has 126 valence electrons. The van der Waals surface area contributed by atoms with Crippen molar-refractivity contribution in [2.24, 2.45) is 5.92 Å². The molecule has 5 heteroatoms. The number of nitrogens with zero attached hydrogens (tertiary/aromatic N) is 1. The quantitative estimate of drug-likeness (QED) is 0.916. The van der Waals surface area contributed by atoms with Crippen molar-refractivity contribution >= 4 is 5.91 Å². The third kappa shape index (κ3) is 3.57. The van der Waals surface area contributed by atoms with E-state index in [2.05, 4.69) is 10.3 Å². The average Bonchev–Trinajstić information content (AvgIpc) is 3.02. The summed E-state index contributed by atoms with van der Waals surface area (Å²) in [5.41, 5.74) is 2.69.